The number of carbonyl (C=O) groups is 2. The molecule has 6 nitrogen and oxygen atoms in total. The van der Waals surface area contributed by atoms with Crippen molar-refractivity contribution in [1.29, 1.82) is 0 Å². The lowest BCUT2D eigenvalue weighted by molar-refractivity contribution is -0.142. The molecule has 8 rings (SSSR count). The SMILES string of the molecule is C[C@H](CC(=O)N(Cc1ccc(C(F)(F)F)nc1)[C@@H](C)c1ccc2c(c1)CCC2)c1ccc(F)cc1.C[C@H](c1ccc2c(c1)CCC2)N(Cc1ccc(C(F)(F)F)nc1)C(=O)C[C@H](C)c1ccc(F)cc1. The third-order valence-electron chi connectivity index (χ3n) is 13.6. The molecule has 0 spiro atoms. The molecule has 2 aliphatic carbocycles. The third kappa shape index (κ3) is 13.0. The summed E-state index contributed by atoms with van der Waals surface area (Å²) in [7, 11) is 0. The molecule has 2 aliphatic rings. The van der Waals surface area contributed by atoms with E-state index in [-0.39, 0.29) is 73.3 Å². The van der Waals surface area contributed by atoms with E-state index in [1.165, 1.54) is 71.0 Å². The molecule has 0 radical (unpaired) electrons. The molecule has 4 aromatic carbocycles. The van der Waals surface area contributed by atoms with Crippen molar-refractivity contribution in [3.8, 4) is 0 Å². The number of rotatable bonds is 14. The second-order valence-corrected chi connectivity index (χ2v) is 18.6. The quantitative estimate of drug-likeness (QED) is 0.102. The Kier molecular flexibility index (Phi) is 16.2. The van der Waals surface area contributed by atoms with Crippen molar-refractivity contribution in [2.24, 2.45) is 0 Å². The number of carbonyl (C=O) groups excluding carboxylic acids is 2. The van der Waals surface area contributed by atoms with Crippen LogP contribution in [0.5, 0.6) is 0 Å². The Hall–Kier alpha value is -6.44. The molecule has 4 atom stereocenters. The van der Waals surface area contributed by atoms with Crippen LogP contribution in [-0.4, -0.2) is 31.6 Å². The molecule has 368 valence electrons. The smallest absolute Gasteiger partial charge is 0.332 e. The first-order valence-corrected chi connectivity index (χ1v) is 23.6. The van der Waals surface area contributed by atoms with Crippen LogP contribution in [0, 0.1) is 11.6 Å². The minimum absolute atomic E-state index is 0.130. The second kappa shape index (κ2) is 22.1. The summed E-state index contributed by atoms with van der Waals surface area (Å²) in [6.45, 7) is 7.96. The van der Waals surface area contributed by atoms with Gasteiger partial charge in [-0.15, -0.1) is 0 Å². The zero-order chi connectivity index (χ0) is 50.3. The van der Waals surface area contributed by atoms with E-state index in [0.717, 1.165) is 72.9 Å². The number of nitrogens with zero attached hydrogens (tertiary/aromatic N) is 4. The van der Waals surface area contributed by atoms with Gasteiger partial charge in [0, 0.05) is 38.3 Å². The van der Waals surface area contributed by atoms with Crippen LogP contribution < -0.4 is 0 Å². The maximum absolute atomic E-state index is 13.5. The van der Waals surface area contributed by atoms with E-state index in [1.807, 2.05) is 39.8 Å². The van der Waals surface area contributed by atoms with Gasteiger partial charge in [0.2, 0.25) is 11.8 Å². The lowest BCUT2D eigenvalue weighted by Crippen LogP contribution is -2.34. The molecule has 0 bridgehead atoms. The number of hydrogen-bond donors (Lipinski definition) is 0. The van der Waals surface area contributed by atoms with Crippen LogP contribution in [0.3, 0.4) is 0 Å². The van der Waals surface area contributed by atoms with Gasteiger partial charge in [-0.05, 0) is 156 Å². The van der Waals surface area contributed by atoms with Crippen molar-refractivity contribution in [3.63, 3.8) is 0 Å². The van der Waals surface area contributed by atoms with Crippen LogP contribution >= 0.6 is 0 Å². The van der Waals surface area contributed by atoms with E-state index in [9.17, 15) is 44.7 Å². The first-order valence-electron chi connectivity index (χ1n) is 23.6. The van der Waals surface area contributed by atoms with Gasteiger partial charge >= 0.3 is 12.4 Å². The summed E-state index contributed by atoms with van der Waals surface area (Å²) < 4.78 is 104. The van der Waals surface area contributed by atoms with Crippen molar-refractivity contribution in [2.45, 2.75) is 128 Å². The fourth-order valence-electron chi connectivity index (χ4n) is 9.29. The number of fused-ring (bicyclic) bond motifs is 2. The zero-order valence-corrected chi connectivity index (χ0v) is 39.6. The number of aromatic nitrogens is 2. The lowest BCUT2D eigenvalue weighted by Gasteiger charge is -2.31. The molecule has 0 saturated carbocycles. The van der Waals surface area contributed by atoms with Gasteiger partial charge in [0.15, 0.2) is 0 Å². The van der Waals surface area contributed by atoms with Gasteiger partial charge < -0.3 is 9.80 Å². The van der Waals surface area contributed by atoms with E-state index < -0.39 is 23.7 Å². The predicted molar refractivity (Wildman–Crippen MR) is 252 cm³/mol. The third-order valence-corrected chi connectivity index (χ3v) is 13.6. The predicted octanol–water partition coefficient (Wildman–Crippen LogP) is 14.0. The molecule has 0 saturated heterocycles. The van der Waals surface area contributed by atoms with E-state index in [4.69, 9.17) is 0 Å². The summed E-state index contributed by atoms with van der Waals surface area (Å²) in [4.78, 5) is 37.6. The standard InChI is InChI=1S/2C28H28F4N2O/c2*1-18(21-9-11-25(29)12-10-21)14-27(35)34(17-20-6-13-26(33-16-20)28(30,31)32)19(2)23-8-7-22-4-3-5-24(22)15-23/h2*6-13,15-16,18-19H,3-5,14,17H2,1-2H3/t2*18-,19+/m10/s1. The molecule has 14 heteroatoms. The Morgan fingerprint density at radius 1 is 0.486 bits per heavy atom. The Morgan fingerprint density at radius 3 is 1.16 bits per heavy atom. The number of amides is 2. The molecule has 70 heavy (non-hydrogen) atoms. The average Bonchev–Trinajstić information content (AvgIpc) is 4.02. The van der Waals surface area contributed by atoms with Crippen molar-refractivity contribution < 1.29 is 44.7 Å². The van der Waals surface area contributed by atoms with E-state index in [1.54, 1.807) is 34.1 Å². The van der Waals surface area contributed by atoms with Crippen molar-refractivity contribution >= 4 is 11.8 Å². The Bertz CT molecular complexity index is 2530. The normalized spacial score (nSPS) is 14.9. The first kappa shape index (κ1) is 51.4. The fourth-order valence-corrected chi connectivity index (χ4v) is 9.29. The van der Waals surface area contributed by atoms with Gasteiger partial charge in [0.1, 0.15) is 23.0 Å². The number of hydrogen-bond acceptors (Lipinski definition) is 4. The van der Waals surface area contributed by atoms with Gasteiger partial charge in [-0.2, -0.15) is 26.3 Å². The summed E-state index contributed by atoms with van der Waals surface area (Å²) in [5, 5.41) is 0. The molecular formula is C56H56F8N4O2. The van der Waals surface area contributed by atoms with Gasteiger partial charge in [0.25, 0.3) is 0 Å². The Balaban J connectivity index is 0.000000206. The van der Waals surface area contributed by atoms with Gasteiger partial charge in [0.05, 0.1) is 12.1 Å². The maximum Gasteiger partial charge on any atom is 0.433 e. The number of halogens is 8. The molecule has 0 aliphatic heterocycles. The lowest BCUT2D eigenvalue weighted by atomic mass is 9.95. The minimum Gasteiger partial charge on any atom is -0.332 e. The summed E-state index contributed by atoms with van der Waals surface area (Å²) in [6, 6.07) is 28.8. The van der Waals surface area contributed by atoms with Gasteiger partial charge in [-0.25, -0.2) is 8.78 Å². The fraction of sp³-hybridized carbons (Fsp3) is 0.357. The van der Waals surface area contributed by atoms with Crippen LogP contribution in [0.15, 0.2) is 122 Å². The molecule has 0 unspecified atom stereocenters. The zero-order valence-electron chi connectivity index (χ0n) is 39.6. The van der Waals surface area contributed by atoms with Crippen LogP contribution in [0.1, 0.15) is 144 Å². The second-order valence-electron chi connectivity index (χ2n) is 18.6. The van der Waals surface area contributed by atoms with Gasteiger partial charge in [-0.1, -0.05) is 86.6 Å². The molecule has 0 fully saturated rings. The van der Waals surface area contributed by atoms with Crippen LogP contribution in [-0.2, 0) is 60.7 Å². The molecule has 2 aromatic heterocycles. The summed E-state index contributed by atoms with van der Waals surface area (Å²) in [6.07, 6.45) is 0.0610. The number of aryl methyl sites for hydroxylation is 4. The number of benzene rings is 4. The first-order chi connectivity index (χ1) is 33.2. The highest BCUT2D eigenvalue weighted by atomic mass is 19.4. The topological polar surface area (TPSA) is 66.4 Å². The average molecular weight is 969 g/mol. The monoisotopic (exact) mass is 968 g/mol. The summed E-state index contributed by atoms with van der Waals surface area (Å²) >= 11 is 0. The Labute approximate surface area is 403 Å². The Morgan fingerprint density at radius 2 is 0.829 bits per heavy atom. The minimum atomic E-state index is -4.52. The van der Waals surface area contributed by atoms with E-state index >= 15 is 0 Å². The highest BCUT2D eigenvalue weighted by Gasteiger charge is 2.34. The highest BCUT2D eigenvalue weighted by Crippen LogP contribution is 2.34. The van der Waals surface area contributed by atoms with Crippen LogP contribution in [0.4, 0.5) is 35.1 Å². The molecule has 2 amide bonds. The molecule has 2 heterocycles. The number of pyridine rings is 2. The molecular weight excluding hydrogens is 913 g/mol. The number of alkyl halides is 6. The maximum atomic E-state index is 13.5. The van der Waals surface area contributed by atoms with Crippen molar-refractivity contribution in [1.82, 2.24) is 19.8 Å². The summed E-state index contributed by atoms with van der Waals surface area (Å²) in [5.74, 6) is -1.24. The molecule has 6 aromatic rings. The van der Waals surface area contributed by atoms with Crippen molar-refractivity contribution in [3.05, 3.63) is 200 Å². The van der Waals surface area contributed by atoms with Crippen LogP contribution in [0.2, 0.25) is 0 Å². The van der Waals surface area contributed by atoms with Gasteiger partial charge in [-0.3, -0.25) is 19.6 Å². The molecule has 0 N–H and O–H groups in total. The van der Waals surface area contributed by atoms with E-state index in [0.29, 0.717) is 11.1 Å². The highest BCUT2D eigenvalue weighted by molar-refractivity contribution is 5.78. The largest absolute Gasteiger partial charge is 0.433 e. The van der Waals surface area contributed by atoms with Crippen molar-refractivity contribution in [2.75, 3.05) is 0 Å². The summed E-state index contributed by atoms with van der Waals surface area (Å²) in [5.41, 5.74) is 8.04. The van der Waals surface area contributed by atoms with Crippen LogP contribution in [0.25, 0.3) is 0 Å². The van der Waals surface area contributed by atoms with E-state index in [2.05, 4.69) is 34.2 Å².